The maximum atomic E-state index is 5.91. The molecule has 0 atom stereocenters. The van der Waals surface area contributed by atoms with E-state index in [4.69, 9.17) is 18.9 Å². The van der Waals surface area contributed by atoms with E-state index in [1.807, 2.05) is 0 Å². The number of hydrogen-bond donors (Lipinski definition) is 0. The van der Waals surface area contributed by atoms with Crippen LogP contribution in [-0.2, 0) is 18.9 Å². The molecule has 0 bridgehead atoms. The van der Waals surface area contributed by atoms with Crippen LogP contribution in [0.4, 0.5) is 34.1 Å². The van der Waals surface area contributed by atoms with Gasteiger partial charge < -0.3 is 28.7 Å². The van der Waals surface area contributed by atoms with Crippen molar-refractivity contribution in [3.8, 4) is 11.1 Å². The van der Waals surface area contributed by atoms with E-state index in [9.17, 15) is 0 Å². The third-order valence-corrected chi connectivity index (χ3v) is 19.7. The highest BCUT2D eigenvalue weighted by atomic mass is 28.3. The fraction of sp³-hybridized carbons (Fsp3) is 0.400. The molecule has 3 aliphatic rings. The maximum Gasteiger partial charge on any atom is 0.184 e. The zero-order valence-electron chi connectivity index (χ0n) is 40.6. The summed E-state index contributed by atoms with van der Waals surface area (Å²) >= 11 is 0. The van der Waals surface area contributed by atoms with Crippen molar-refractivity contribution in [3.05, 3.63) is 156 Å². The number of benzene rings is 6. The number of anilines is 6. The van der Waals surface area contributed by atoms with Gasteiger partial charge in [-0.3, -0.25) is 0 Å². The van der Waals surface area contributed by atoms with E-state index < -0.39 is 8.07 Å². The Morgan fingerprint density at radius 2 is 0.761 bits per heavy atom. The standard InChI is InChI=1S/C60H72N2O4Si/c1-5-7-9-11-13-15-39-67(40-16-14-12-10-8-6-2)57-43-53(61(51-21-17-19-45(3)41-51)49-27-23-47(24-28-49)59-63-35-36-64-59)31-33-55(57)56-34-32-54(44-58(56)67)62(52-22-18-20-46(4)42-52)50-29-25-48(26-30-50)60-65-37-38-66-60/h17-34,41-44,59-60H,5-16,35-40H2,1-4H3. The van der Waals surface area contributed by atoms with Crippen LogP contribution in [0.2, 0.25) is 12.1 Å². The summed E-state index contributed by atoms with van der Waals surface area (Å²) in [6, 6.07) is 53.2. The average Bonchev–Trinajstić information content (AvgIpc) is 4.15. The molecule has 0 spiro atoms. The maximum absolute atomic E-state index is 5.91. The Labute approximate surface area is 402 Å². The number of hydrogen-bond acceptors (Lipinski definition) is 6. The van der Waals surface area contributed by atoms with Crippen molar-refractivity contribution in [2.45, 2.75) is 129 Å². The SMILES string of the molecule is CCCCCCCC[Si]1(CCCCCCCC)c2cc(N(c3ccc(C4OCCO4)cc3)c3cccc(C)c3)ccc2-c2ccc(N(c3ccc(C4OCCO4)cc3)c3cccc(C)c3)cc21. The van der Waals surface area contributed by atoms with E-state index in [0.29, 0.717) is 26.4 Å². The predicted octanol–water partition coefficient (Wildman–Crippen LogP) is 15.6. The highest BCUT2D eigenvalue weighted by Crippen LogP contribution is 2.44. The molecule has 350 valence electrons. The summed E-state index contributed by atoms with van der Waals surface area (Å²) in [4.78, 5) is 4.95. The first-order valence-corrected chi connectivity index (χ1v) is 28.1. The van der Waals surface area contributed by atoms with Crippen LogP contribution in [-0.4, -0.2) is 34.5 Å². The second kappa shape index (κ2) is 22.4. The van der Waals surface area contributed by atoms with Gasteiger partial charge in [0.05, 0.1) is 26.4 Å². The molecule has 67 heavy (non-hydrogen) atoms. The van der Waals surface area contributed by atoms with Crippen molar-refractivity contribution in [1.29, 1.82) is 0 Å². The Balaban J connectivity index is 1.17. The van der Waals surface area contributed by atoms with E-state index >= 15 is 0 Å². The molecule has 0 saturated carbocycles. The summed E-state index contributed by atoms with van der Waals surface area (Å²) in [7, 11) is -2.36. The number of aryl methyl sites for hydroxylation is 2. The molecular weight excluding hydrogens is 841 g/mol. The van der Waals surface area contributed by atoms with Gasteiger partial charge in [-0.25, -0.2) is 0 Å². The normalized spacial score (nSPS) is 15.5. The van der Waals surface area contributed by atoms with Gasteiger partial charge in [-0.15, -0.1) is 0 Å². The summed E-state index contributed by atoms with van der Waals surface area (Å²) in [6.45, 7) is 11.6. The van der Waals surface area contributed by atoms with E-state index in [1.54, 1.807) is 10.4 Å². The van der Waals surface area contributed by atoms with E-state index in [-0.39, 0.29) is 12.6 Å². The minimum Gasteiger partial charge on any atom is -0.346 e. The minimum atomic E-state index is -2.36. The van der Waals surface area contributed by atoms with E-state index in [2.05, 4.69) is 171 Å². The molecule has 2 saturated heterocycles. The molecule has 3 heterocycles. The Hall–Kier alpha value is -5.02. The van der Waals surface area contributed by atoms with E-state index in [1.165, 1.54) is 134 Å². The van der Waals surface area contributed by atoms with Crippen LogP contribution >= 0.6 is 0 Å². The molecule has 0 aromatic heterocycles. The molecule has 6 aromatic rings. The minimum absolute atomic E-state index is 0.303. The summed E-state index contributed by atoms with van der Waals surface area (Å²) in [6.07, 6.45) is 15.0. The van der Waals surface area contributed by atoms with Crippen LogP contribution in [0.3, 0.4) is 0 Å². The van der Waals surface area contributed by atoms with Crippen LogP contribution < -0.4 is 20.2 Å². The van der Waals surface area contributed by atoms with Crippen molar-refractivity contribution in [1.82, 2.24) is 0 Å². The second-order valence-corrected chi connectivity index (χ2v) is 23.5. The van der Waals surface area contributed by atoms with Gasteiger partial charge in [0.15, 0.2) is 12.6 Å². The summed E-state index contributed by atoms with van der Waals surface area (Å²) in [5, 5.41) is 3.23. The van der Waals surface area contributed by atoms with Gasteiger partial charge in [0.1, 0.15) is 8.07 Å². The van der Waals surface area contributed by atoms with Crippen molar-refractivity contribution >= 4 is 52.6 Å². The summed E-state index contributed by atoms with van der Waals surface area (Å²) in [5.41, 5.74) is 14.5. The predicted molar refractivity (Wildman–Crippen MR) is 281 cm³/mol. The second-order valence-electron chi connectivity index (χ2n) is 19.3. The highest BCUT2D eigenvalue weighted by molar-refractivity contribution is 7.05. The molecule has 0 amide bonds. The van der Waals surface area contributed by atoms with E-state index in [0.717, 1.165) is 22.5 Å². The summed E-state index contributed by atoms with van der Waals surface area (Å²) in [5.74, 6) is 0. The van der Waals surface area contributed by atoms with Gasteiger partial charge in [0.2, 0.25) is 0 Å². The molecule has 7 heteroatoms. The third kappa shape index (κ3) is 10.7. The quantitative estimate of drug-likeness (QED) is 0.0499. The Kier molecular flexibility index (Phi) is 15.7. The number of unbranched alkanes of at least 4 members (excludes halogenated alkanes) is 10. The fourth-order valence-corrected chi connectivity index (χ4v) is 16.6. The zero-order chi connectivity index (χ0) is 46.0. The van der Waals surface area contributed by atoms with Crippen LogP contribution in [0.1, 0.15) is 126 Å². The van der Waals surface area contributed by atoms with Gasteiger partial charge >= 0.3 is 0 Å². The number of rotatable bonds is 22. The highest BCUT2D eigenvalue weighted by Gasteiger charge is 2.45. The molecule has 0 N–H and O–H groups in total. The first-order chi connectivity index (χ1) is 33.0. The van der Waals surface area contributed by atoms with Gasteiger partial charge in [0, 0.05) is 45.3 Å². The van der Waals surface area contributed by atoms with Crippen LogP contribution in [0, 0.1) is 13.8 Å². The molecule has 6 aromatic carbocycles. The molecule has 3 aliphatic heterocycles. The van der Waals surface area contributed by atoms with Crippen molar-refractivity contribution in [2.24, 2.45) is 0 Å². The third-order valence-electron chi connectivity index (χ3n) is 14.4. The first kappa shape index (κ1) is 47.1. The van der Waals surface area contributed by atoms with Gasteiger partial charge in [-0.2, -0.15) is 0 Å². The smallest absolute Gasteiger partial charge is 0.184 e. The largest absolute Gasteiger partial charge is 0.346 e. The monoisotopic (exact) mass is 913 g/mol. The first-order valence-electron chi connectivity index (χ1n) is 25.6. The molecule has 0 unspecified atom stereocenters. The molecule has 6 nitrogen and oxygen atoms in total. The lowest BCUT2D eigenvalue weighted by Crippen LogP contribution is -2.55. The topological polar surface area (TPSA) is 43.4 Å². The lowest BCUT2D eigenvalue weighted by Gasteiger charge is -2.33. The molecular formula is C60H72N2O4Si. The lowest BCUT2D eigenvalue weighted by molar-refractivity contribution is -0.0443. The van der Waals surface area contributed by atoms with Crippen molar-refractivity contribution in [2.75, 3.05) is 36.2 Å². The van der Waals surface area contributed by atoms with Gasteiger partial charge in [-0.1, -0.05) is 152 Å². The Bertz CT molecular complexity index is 2350. The molecule has 0 radical (unpaired) electrons. The number of fused-ring (bicyclic) bond motifs is 3. The number of ether oxygens (including phenoxy) is 4. The zero-order valence-corrected chi connectivity index (χ0v) is 41.6. The van der Waals surface area contributed by atoms with Crippen LogP contribution in [0.5, 0.6) is 0 Å². The van der Waals surface area contributed by atoms with Crippen LogP contribution in [0.25, 0.3) is 11.1 Å². The Morgan fingerprint density at radius 3 is 1.15 bits per heavy atom. The molecule has 0 aliphatic carbocycles. The van der Waals surface area contributed by atoms with Gasteiger partial charge in [0.25, 0.3) is 0 Å². The van der Waals surface area contributed by atoms with Crippen LogP contribution in [0.15, 0.2) is 133 Å². The fourth-order valence-electron chi connectivity index (χ4n) is 10.9. The Morgan fingerprint density at radius 1 is 0.403 bits per heavy atom. The lowest BCUT2D eigenvalue weighted by atomic mass is 10.0. The van der Waals surface area contributed by atoms with Crippen molar-refractivity contribution in [3.63, 3.8) is 0 Å². The van der Waals surface area contributed by atoms with Gasteiger partial charge in [-0.05, 0) is 131 Å². The molecule has 9 rings (SSSR count). The van der Waals surface area contributed by atoms with Crippen molar-refractivity contribution < 1.29 is 18.9 Å². The molecule has 2 fully saturated rings. The average molecular weight is 913 g/mol. The summed E-state index contributed by atoms with van der Waals surface area (Å²) < 4.78 is 23.6. The number of nitrogens with zero attached hydrogens (tertiary/aromatic N) is 2.